The molecule has 1 amide bonds. The summed E-state index contributed by atoms with van der Waals surface area (Å²) < 4.78 is 1.80. The van der Waals surface area contributed by atoms with E-state index in [1.165, 1.54) is 6.21 Å². The molecule has 0 fully saturated rings. The van der Waals surface area contributed by atoms with Gasteiger partial charge in [-0.05, 0) is 17.7 Å². The van der Waals surface area contributed by atoms with Gasteiger partial charge in [0, 0.05) is 16.6 Å². The van der Waals surface area contributed by atoms with Crippen LogP contribution in [0, 0.1) is 0 Å². The van der Waals surface area contributed by atoms with Crippen LogP contribution in [0.25, 0.3) is 0 Å². The lowest BCUT2D eigenvalue weighted by Crippen LogP contribution is -2.34. The van der Waals surface area contributed by atoms with Crippen LogP contribution in [0.4, 0.5) is 0 Å². The van der Waals surface area contributed by atoms with E-state index in [9.17, 15) is 14.4 Å². The van der Waals surface area contributed by atoms with Crippen LogP contribution < -0.4 is 16.5 Å². The van der Waals surface area contributed by atoms with E-state index in [2.05, 4.69) is 31.6 Å². The summed E-state index contributed by atoms with van der Waals surface area (Å²) in [6.07, 6.45) is 1.47. The highest BCUT2D eigenvalue weighted by Gasteiger charge is 2.03. The zero-order chi connectivity index (χ0) is 15.2. The highest BCUT2D eigenvalue weighted by molar-refractivity contribution is 9.10. The zero-order valence-electron chi connectivity index (χ0n) is 10.7. The quantitative estimate of drug-likeness (QED) is 0.618. The minimum Gasteiger partial charge on any atom is -0.271 e. The predicted molar refractivity (Wildman–Crippen MR) is 81.2 cm³/mol. The zero-order valence-corrected chi connectivity index (χ0v) is 12.3. The normalized spacial score (nSPS) is 10.7. The second-order valence-corrected chi connectivity index (χ2v) is 5.00. The van der Waals surface area contributed by atoms with E-state index in [0.717, 1.165) is 26.9 Å². The molecule has 21 heavy (non-hydrogen) atoms. The van der Waals surface area contributed by atoms with Crippen LogP contribution in [0.3, 0.4) is 0 Å². The average Bonchev–Trinajstić information content (AvgIpc) is 2.43. The third kappa shape index (κ3) is 4.53. The highest BCUT2D eigenvalue weighted by Crippen LogP contribution is 2.09. The molecule has 1 aromatic carbocycles. The Labute approximate surface area is 127 Å². The number of halogens is 1. The van der Waals surface area contributed by atoms with Gasteiger partial charge in [-0.1, -0.05) is 28.1 Å². The fourth-order valence-corrected chi connectivity index (χ4v) is 1.94. The molecule has 0 atom stereocenters. The van der Waals surface area contributed by atoms with E-state index in [0.29, 0.717) is 0 Å². The minimum atomic E-state index is -0.523. The van der Waals surface area contributed by atoms with E-state index in [4.69, 9.17) is 0 Å². The number of aromatic amines is 1. The largest absolute Gasteiger partial charge is 0.271 e. The summed E-state index contributed by atoms with van der Waals surface area (Å²) in [5, 5.41) is 6.03. The molecule has 2 N–H and O–H groups in total. The Bertz CT molecular complexity index is 794. The number of nitrogens with zero attached hydrogens (tertiary/aromatic N) is 2. The van der Waals surface area contributed by atoms with Crippen molar-refractivity contribution in [2.45, 2.75) is 6.54 Å². The van der Waals surface area contributed by atoms with Gasteiger partial charge in [0.25, 0.3) is 17.0 Å². The topological polar surface area (TPSA) is 96.3 Å². The summed E-state index contributed by atoms with van der Waals surface area (Å²) in [5.41, 5.74) is 2.15. The molecule has 0 bridgehead atoms. The lowest BCUT2D eigenvalue weighted by atomic mass is 10.2. The van der Waals surface area contributed by atoms with E-state index in [1.54, 1.807) is 0 Å². The molecule has 0 radical (unpaired) electrons. The van der Waals surface area contributed by atoms with Gasteiger partial charge in [-0.25, -0.2) is 10.1 Å². The Balaban J connectivity index is 1.98. The van der Waals surface area contributed by atoms with Crippen molar-refractivity contribution in [2.24, 2.45) is 5.10 Å². The number of aromatic nitrogens is 2. The summed E-state index contributed by atoms with van der Waals surface area (Å²) >= 11 is 3.32. The van der Waals surface area contributed by atoms with Crippen molar-refractivity contribution in [3.63, 3.8) is 0 Å². The Morgan fingerprint density at radius 3 is 2.90 bits per heavy atom. The number of hydrogen-bond acceptors (Lipinski definition) is 4. The summed E-state index contributed by atoms with van der Waals surface area (Å²) in [6.45, 7) is -0.315. The van der Waals surface area contributed by atoms with Gasteiger partial charge in [-0.15, -0.1) is 0 Å². The molecule has 0 aliphatic carbocycles. The molecule has 0 spiro atoms. The summed E-state index contributed by atoms with van der Waals surface area (Å²) in [4.78, 5) is 34.1. The number of rotatable bonds is 4. The molecule has 108 valence electrons. The van der Waals surface area contributed by atoms with Gasteiger partial charge < -0.3 is 0 Å². The standard InChI is InChI=1S/C13H11BrN4O3/c14-10-3-1-2-9(6-10)7-15-16-12(20)8-18-13(21)5-4-11(19)17-18/h1-7H,8H2,(H,16,20)(H,17,19). The van der Waals surface area contributed by atoms with Crippen LogP contribution >= 0.6 is 15.9 Å². The van der Waals surface area contributed by atoms with Gasteiger partial charge in [0.1, 0.15) is 6.54 Å². The van der Waals surface area contributed by atoms with Gasteiger partial charge in [-0.2, -0.15) is 5.10 Å². The molecule has 2 rings (SSSR count). The molecule has 0 saturated carbocycles. The highest BCUT2D eigenvalue weighted by atomic mass is 79.9. The maximum absolute atomic E-state index is 11.6. The van der Waals surface area contributed by atoms with E-state index in [1.807, 2.05) is 24.3 Å². The average molecular weight is 351 g/mol. The predicted octanol–water partition coefficient (Wildman–Crippen LogP) is 0.449. The number of hydrogen-bond donors (Lipinski definition) is 2. The van der Waals surface area contributed by atoms with Crippen LogP contribution in [0.1, 0.15) is 5.56 Å². The third-order valence-corrected chi connectivity index (χ3v) is 2.93. The number of amides is 1. The second kappa shape index (κ2) is 6.80. The SMILES string of the molecule is O=C(Cn1[nH]c(=O)ccc1=O)NN=Cc1cccc(Br)c1. The number of carbonyl (C=O) groups excluding carboxylic acids is 1. The minimum absolute atomic E-state index is 0.315. The first-order valence-electron chi connectivity index (χ1n) is 5.92. The van der Waals surface area contributed by atoms with Crippen molar-refractivity contribution in [1.82, 2.24) is 15.2 Å². The Morgan fingerprint density at radius 2 is 2.14 bits per heavy atom. The third-order valence-electron chi connectivity index (χ3n) is 2.44. The number of H-pyrrole nitrogens is 1. The molecule has 1 aromatic heterocycles. The molecule has 0 aliphatic rings. The fraction of sp³-hybridized carbons (Fsp3) is 0.0769. The monoisotopic (exact) mass is 350 g/mol. The van der Waals surface area contributed by atoms with Crippen LogP contribution in [0.5, 0.6) is 0 Å². The smallest absolute Gasteiger partial charge is 0.265 e. The van der Waals surface area contributed by atoms with Gasteiger partial charge in [0.2, 0.25) is 0 Å². The van der Waals surface area contributed by atoms with Crippen molar-refractivity contribution in [3.05, 3.63) is 67.1 Å². The van der Waals surface area contributed by atoms with Gasteiger partial charge >= 0.3 is 0 Å². The number of nitrogens with one attached hydrogen (secondary N) is 2. The van der Waals surface area contributed by atoms with Crippen molar-refractivity contribution >= 4 is 28.1 Å². The number of carbonyl (C=O) groups is 1. The van der Waals surface area contributed by atoms with Crippen molar-refractivity contribution in [1.29, 1.82) is 0 Å². The summed E-state index contributed by atoms with van der Waals surface area (Å²) in [6, 6.07) is 9.54. The van der Waals surface area contributed by atoms with E-state index >= 15 is 0 Å². The Kier molecular flexibility index (Phi) is 4.83. The van der Waals surface area contributed by atoms with Crippen LogP contribution in [-0.2, 0) is 11.3 Å². The van der Waals surface area contributed by atoms with Crippen LogP contribution in [-0.4, -0.2) is 21.9 Å². The Hall–Kier alpha value is -2.48. The molecule has 1 heterocycles. The molecule has 8 heteroatoms. The van der Waals surface area contributed by atoms with Crippen molar-refractivity contribution in [2.75, 3.05) is 0 Å². The molecular formula is C13H11BrN4O3. The fourth-order valence-electron chi connectivity index (χ4n) is 1.52. The summed E-state index contributed by atoms with van der Waals surface area (Å²) in [7, 11) is 0. The lowest BCUT2D eigenvalue weighted by Gasteiger charge is -2.03. The Morgan fingerprint density at radius 1 is 1.33 bits per heavy atom. The van der Waals surface area contributed by atoms with Crippen molar-refractivity contribution < 1.29 is 4.79 Å². The molecule has 0 aliphatic heterocycles. The lowest BCUT2D eigenvalue weighted by molar-refractivity contribution is -0.121. The van der Waals surface area contributed by atoms with Gasteiger partial charge in [-0.3, -0.25) is 19.5 Å². The molecule has 7 nitrogen and oxygen atoms in total. The first kappa shape index (κ1) is 14.9. The molecular weight excluding hydrogens is 340 g/mol. The number of benzene rings is 1. The first-order valence-corrected chi connectivity index (χ1v) is 6.71. The first-order chi connectivity index (χ1) is 10.0. The molecule has 0 unspecified atom stereocenters. The van der Waals surface area contributed by atoms with Crippen LogP contribution in [0.2, 0.25) is 0 Å². The van der Waals surface area contributed by atoms with Gasteiger partial charge in [0.15, 0.2) is 0 Å². The second-order valence-electron chi connectivity index (χ2n) is 4.08. The van der Waals surface area contributed by atoms with Crippen molar-refractivity contribution in [3.8, 4) is 0 Å². The maximum atomic E-state index is 11.6. The van der Waals surface area contributed by atoms with E-state index in [-0.39, 0.29) is 6.54 Å². The number of hydrazone groups is 1. The van der Waals surface area contributed by atoms with E-state index < -0.39 is 17.0 Å². The van der Waals surface area contributed by atoms with Gasteiger partial charge in [0.05, 0.1) is 6.21 Å². The maximum Gasteiger partial charge on any atom is 0.265 e. The molecule has 0 saturated heterocycles. The summed E-state index contributed by atoms with van der Waals surface area (Å²) in [5.74, 6) is -0.523. The molecule has 2 aromatic rings. The van der Waals surface area contributed by atoms with Crippen LogP contribution in [0.15, 0.2) is 55.6 Å².